The van der Waals surface area contributed by atoms with Gasteiger partial charge in [0, 0.05) is 6.42 Å². The molecule has 0 bridgehead atoms. The largest absolute Gasteiger partial charge is 0.394 e. The molecule has 1 rings (SSSR count). The second kappa shape index (κ2) is 6.11. The number of rotatable bonds is 5. The summed E-state index contributed by atoms with van der Waals surface area (Å²) in [7, 11) is 0. The summed E-state index contributed by atoms with van der Waals surface area (Å²) in [5, 5.41) is 17.9. The van der Waals surface area contributed by atoms with Gasteiger partial charge in [0.25, 0.3) is 0 Å². The molecule has 0 heterocycles. The molecule has 3 heteroatoms. The van der Waals surface area contributed by atoms with Crippen LogP contribution in [-0.2, 0) is 11.2 Å². The number of hydrogen-bond acceptors (Lipinski definition) is 3. The monoisotopic (exact) mass is 206 g/mol. The minimum Gasteiger partial charge on any atom is -0.394 e. The quantitative estimate of drug-likeness (QED) is 0.553. The molecule has 0 saturated heterocycles. The first kappa shape index (κ1) is 11.6. The van der Waals surface area contributed by atoms with Crippen LogP contribution in [0.15, 0.2) is 30.3 Å². The Morgan fingerprint density at radius 1 is 1.27 bits per heavy atom. The number of hydrogen-bond donors (Lipinski definition) is 2. The van der Waals surface area contributed by atoms with Gasteiger partial charge in [-0.25, -0.2) is 0 Å². The van der Waals surface area contributed by atoms with Gasteiger partial charge in [-0.05, 0) is 17.2 Å². The average Bonchev–Trinajstić information content (AvgIpc) is 2.28. The molecule has 1 atom stereocenters. The van der Waals surface area contributed by atoms with Crippen LogP contribution < -0.4 is 0 Å². The Bertz CT molecular complexity index is 327. The van der Waals surface area contributed by atoms with Crippen LogP contribution in [0.3, 0.4) is 0 Å². The number of carbonyl (C=O) groups excluding carboxylic acids is 1. The van der Waals surface area contributed by atoms with Crippen LogP contribution in [-0.4, -0.2) is 29.2 Å². The van der Waals surface area contributed by atoms with Crippen molar-refractivity contribution in [1.82, 2.24) is 0 Å². The molecule has 0 saturated carbocycles. The highest BCUT2D eigenvalue weighted by Gasteiger charge is 2.02. The lowest BCUT2D eigenvalue weighted by Crippen LogP contribution is -2.14. The standard InChI is InChI=1S/C12H14O3/c13-7-1-2-10-3-5-11(6-4-10)8-12(15)9-14/h1-7,12,14-15H,8-9H2. The van der Waals surface area contributed by atoms with Crippen molar-refractivity contribution >= 4 is 12.4 Å². The van der Waals surface area contributed by atoms with Crippen molar-refractivity contribution in [3.63, 3.8) is 0 Å². The molecule has 1 aromatic carbocycles. The lowest BCUT2D eigenvalue weighted by molar-refractivity contribution is -0.104. The van der Waals surface area contributed by atoms with Gasteiger partial charge in [-0.2, -0.15) is 0 Å². The average molecular weight is 206 g/mol. The third-order valence-corrected chi connectivity index (χ3v) is 2.03. The second-order valence-corrected chi connectivity index (χ2v) is 3.28. The molecule has 0 aliphatic carbocycles. The Labute approximate surface area is 88.7 Å². The topological polar surface area (TPSA) is 57.5 Å². The SMILES string of the molecule is O=CC=Cc1ccc(CC(O)CO)cc1. The summed E-state index contributed by atoms with van der Waals surface area (Å²) in [6.45, 7) is -0.229. The lowest BCUT2D eigenvalue weighted by Gasteiger charge is -2.06. The minimum absolute atomic E-state index is 0.229. The van der Waals surface area contributed by atoms with E-state index in [0.29, 0.717) is 6.42 Å². The number of benzene rings is 1. The molecule has 15 heavy (non-hydrogen) atoms. The third-order valence-electron chi connectivity index (χ3n) is 2.03. The molecular formula is C12H14O3. The normalized spacial score (nSPS) is 12.9. The van der Waals surface area contributed by atoms with Gasteiger partial charge in [0.1, 0.15) is 6.29 Å². The maximum Gasteiger partial charge on any atom is 0.142 e. The Morgan fingerprint density at radius 3 is 2.47 bits per heavy atom. The highest BCUT2D eigenvalue weighted by Crippen LogP contribution is 2.08. The van der Waals surface area contributed by atoms with E-state index in [1.165, 1.54) is 6.08 Å². The van der Waals surface area contributed by atoms with E-state index >= 15 is 0 Å². The van der Waals surface area contributed by atoms with Crippen molar-refractivity contribution < 1.29 is 15.0 Å². The van der Waals surface area contributed by atoms with Crippen LogP contribution in [0.1, 0.15) is 11.1 Å². The van der Waals surface area contributed by atoms with E-state index < -0.39 is 6.10 Å². The van der Waals surface area contributed by atoms with Crippen LogP contribution in [0.5, 0.6) is 0 Å². The molecule has 0 amide bonds. The summed E-state index contributed by atoms with van der Waals surface area (Å²) in [5.74, 6) is 0. The zero-order valence-electron chi connectivity index (χ0n) is 8.34. The van der Waals surface area contributed by atoms with E-state index in [4.69, 9.17) is 5.11 Å². The Morgan fingerprint density at radius 2 is 1.93 bits per heavy atom. The van der Waals surface area contributed by atoms with Crippen molar-refractivity contribution in [2.45, 2.75) is 12.5 Å². The number of aliphatic hydroxyl groups is 2. The van der Waals surface area contributed by atoms with Crippen molar-refractivity contribution in [2.75, 3.05) is 6.61 Å². The fourth-order valence-electron chi connectivity index (χ4n) is 1.25. The molecule has 0 spiro atoms. The van der Waals surface area contributed by atoms with Gasteiger partial charge in [0.15, 0.2) is 0 Å². The smallest absolute Gasteiger partial charge is 0.142 e. The molecule has 1 unspecified atom stereocenters. The van der Waals surface area contributed by atoms with Crippen molar-refractivity contribution in [3.05, 3.63) is 41.5 Å². The summed E-state index contributed by atoms with van der Waals surface area (Å²) < 4.78 is 0. The molecule has 3 nitrogen and oxygen atoms in total. The predicted molar refractivity (Wildman–Crippen MR) is 58.3 cm³/mol. The summed E-state index contributed by atoms with van der Waals surface area (Å²) in [6, 6.07) is 7.45. The van der Waals surface area contributed by atoms with Crippen molar-refractivity contribution in [3.8, 4) is 0 Å². The van der Waals surface area contributed by atoms with Gasteiger partial charge in [0.2, 0.25) is 0 Å². The second-order valence-electron chi connectivity index (χ2n) is 3.28. The van der Waals surface area contributed by atoms with Crippen LogP contribution in [0.4, 0.5) is 0 Å². The van der Waals surface area contributed by atoms with Gasteiger partial charge in [-0.3, -0.25) is 4.79 Å². The molecule has 80 valence electrons. The zero-order chi connectivity index (χ0) is 11.1. The first-order valence-electron chi connectivity index (χ1n) is 4.76. The first-order chi connectivity index (χ1) is 7.26. The molecule has 0 aliphatic rings. The summed E-state index contributed by atoms with van der Waals surface area (Å²) in [6.07, 6.45) is 3.59. The summed E-state index contributed by atoms with van der Waals surface area (Å²) >= 11 is 0. The van der Waals surface area contributed by atoms with Crippen molar-refractivity contribution in [2.24, 2.45) is 0 Å². The van der Waals surface area contributed by atoms with E-state index in [9.17, 15) is 9.90 Å². The number of aliphatic hydroxyl groups excluding tert-OH is 2. The molecule has 0 fully saturated rings. The number of allylic oxidation sites excluding steroid dienone is 1. The van der Waals surface area contributed by atoms with Crippen LogP contribution in [0.25, 0.3) is 6.08 Å². The first-order valence-corrected chi connectivity index (χ1v) is 4.76. The molecule has 0 radical (unpaired) electrons. The van der Waals surface area contributed by atoms with Gasteiger partial charge < -0.3 is 10.2 Å². The number of aldehydes is 1. The van der Waals surface area contributed by atoms with Crippen LogP contribution in [0, 0.1) is 0 Å². The van der Waals surface area contributed by atoms with E-state index in [-0.39, 0.29) is 6.61 Å². The van der Waals surface area contributed by atoms with E-state index in [0.717, 1.165) is 17.4 Å². The third kappa shape index (κ3) is 4.06. The molecule has 2 N–H and O–H groups in total. The van der Waals surface area contributed by atoms with Crippen LogP contribution >= 0.6 is 0 Å². The lowest BCUT2D eigenvalue weighted by atomic mass is 10.1. The Hall–Kier alpha value is -1.45. The van der Waals surface area contributed by atoms with E-state index in [1.54, 1.807) is 6.08 Å². The van der Waals surface area contributed by atoms with Gasteiger partial charge in [-0.15, -0.1) is 0 Å². The summed E-state index contributed by atoms with van der Waals surface area (Å²) in [5.41, 5.74) is 1.89. The van der Waals surface area contributed by atoms with Crippen molar-refractivity contribution in [1.29, 1.82) is 0 Å². The Kier molecular flexibility index (Phi) is 4.74. The number of carbonyl (C=O) groups is 1. The molecule has 0 aromatic heterocycles. The Balaban J connectivity index is 2.63. The maximum absolute atomic E-state index is 10.1. The summed E-state index contributed by atoms with van der Waals surface area (Å²) in [4.78, 5) is 10.1. The fourth-order valence-corrected chi connectivity index (χ4v) is 1.25. The zero-order valence-corrected chi connectivity index (χ0v) is 8.34. The van der Waals surface area contributed by atoms with Crippen LogP contribution in [0.2, 0.25) is 0 Å². The maximum atomic E-state index is 10.1. The van der Waals surface area contributed by atoms with E-state index in [2.05, 4.69) is 0 Å². The fraction of sp³-hybridized carbons (Fsp3) is 0.250. The van der Waals surface area contributed by atoms with Gasteiger partial charge in [0.05, 0.1) is 12.7 Å². The highest BCUT2D eigenvalue weighted by atomic mass is 16.3. The minimum atomic E-state index is -0.707. The molecular weight excluding hydrogens is 192 g/mol. The van der Waals surface area contributed by atoms with Gasteiger partial charge >= 0.3 is 0 Å². The van der Waals surface area contributed by atoms with E-state index in [1.807, 2.05) is 24.3 Å². The molecule has 1 aromatic rings. The highest BCUT2D eigenvalue weighted by molar-refractivity contribution is 5.73. The molecule has 0 aliphatic heterocycles. The predicted octanol–water partition coefficient (Wildman–Crippen LogP) is 0.794. The van der Waals surface area contributed by atoms with Gasteiger partial charge in [-0.1, -0.05) is 30.3 Å².